The van der Waals surface area contributed by atoms with Gasteiger partial charge in [-0.05, 0) is 36.5 Å². The maximum Gasteiger partial charge on any atom is 0.273 e. The predicted molar refractivity (Wildman–Crippen MR) is 125 cm³/mol. The molecule has 3 fully saturated rings. The van der Waals surface area contributed by atoms with Crippen LogP contribution in [0.2, 0.25) is 0 Å². The summed E-state index contributed by atoms with van der Waals surface area (Å²) in [5.41, 5.74) is -0.0298. The second-order valence-corrected chi connectivity index (χ2v) is 10.9. The van der Waals surface area contributed by atoms with E-state index in [4.69, 9.17) is 0 Å². The number of hydrogen-bond donors (Lipinski definition) is 0. The minimum atomic E-state index is -0.724. The molecule has 3 aliphatic rings. The summed E-state index contributed by atoms with van der Waals surface area (Å²) in [4.78, 5) is 51.0. The van der Waals surface area contributed by atoms with Gasteiger partial charge in [0.1, 0.15) is 5.82 Å². The largest absolute Gasteiger partial charge is 0.273 e. The third kappa shape index (κ3) is 3.48. The Bertz CT molecular complexity index is 1180. The molecule has 0 N–H and O–H groups in total. The fourth-order valence-electron chi connectivity index (χ4n) is 5.47. The molecule has 2 bridgehead atoms. The Morgan fingerprint density at radius 2 is 1.59 bits per heavy atom. The van der Waals surface area contributed by atoms with Gasteiger partial charge in [0.2, 0.25) is 0 Å². The molecule has 2 aromatic rings. The molecule has 5 rings (SSSR count). The van der Waals surface area contributed by atoms with Crippen LogP contribution in [0.1, 0.15) is 22.3 Å². The van der Waals surface area contributed by atoms with Crippen molar-refractivity contribution in [2.75, 3.05) is 0 Å². The van der Waals surface area contributed by atoms with Crippen molar-refractivity contribution in [1.82, 2.24) is 10.0 Å². The molecule has 2 aromatic carbocycles. The van der Waals surface area contributed by atoms with E-state index in [9.17, 15) is 28.9 Å². The van der Waals surface area contributed by atoms with E-state index in [0.29, 0.717) is 0 Å². The molecule has 1 heterocycles. The van der Waals surface area contributed by atoms with E-state index in [1.165, 1.54) is 42.5 Å². The number of alkyl halides is 2. The lowest BCUT2D eigenvalue weighted by Gasteiger charge is -2.31. The SMILES string of the molecule is O=C(c1ccc([N+](=O)[O-])cc1)N(Cc1ccccc1F)N1C(=O)[C@@H]2[C@H]3C[C@@H]([C@@H](Br)[C@H]3Br)[C@H]2C1=O. The molecule has 0 radical (unpaired) electrons. The van der Waals surface area contributed by atoms with Gasteiger partial charge in [0.15, 0.2) is 0 Å². The van der Waals surface area contributed by atoms with Crippen LogP contribution in [-0.4, -0.2) is 42.3 Å². The number of fused-ring (bicyclic) bond motifs is 5. The zero-order valence-corrected chi connectivity index (χ0v) is 20.7. The highest BCUT2D eigenvalue weighted by atomic mass is 79.9. The highest BCUT2D eigenvalue weighted by Gasteiger charge is 2.67. The van der Waals surface area contributed by atoms with Gasteiger partial charge in [0, 0.05) is 32.9 Å². The van der Waals surface area contributed by atoms with E-state index < -0.39 is 40.3 Å². The van der Waals surface area contributed by atoms with Gasteiger partial charge in [0.05, 0.1) is 23.3 Å². The van der Waals surface area contributed by atoms with Crippen LogP contribution in [0.15, 0.2) is 48.5 Å². The Labute approximate surface area is 210 Å². The molecule has 11 heteroatoms. The first-order chi connectivity index (χ1) is 16.2. The second-order valence-electron chi connectivity index (χ2n) is 8.75. The molecule has 2 aliphatic carbocycles. The Morgan fingerprint density at radius 3 is 2.12 bits per heavy atom. The molecule has 1 saturated heterocycles. The molecule has 0 unspecified atom stereocenters. The maximum atomic E-state index is 14.5. The quantitative estimate of drug-likeness (QED) is 0.225. The van der Waals surface area contributed by atoms with Crippen LogP contribution in [0.5, 0.6) is 0 Å². The fourth-order valence-corrected chi connectivity index (χ4v) is 7.34. The number of amides is 3. The number of benzene rings is 2. The summed E-state index contributed by atoms with van der Waals surface area (Å²) in [7, 11) is 0. The van der Waals surface area contributed by atoms with Crippen LogP contribution < -0.4 is 0 Å². The van der Waals surface area contributed by atoms with Gasteiger partial charge in [-0.15, -0.1) is 0 Å². The van der Waals surface area contributed by atoms with Crippen molar-refractivity contribution in [3.05, 3.63) is 75.6 Å². The van der Waals surface area contributed by atoms with Crippen molar-refractivity contribution in [3.8, 4) is 0 Å². The summed E-state index contributed by atoms with van der Waals surface area (Å²) < 4.78 is 14.5. The first kappa shape index (κ1) is 23.1. The Kier molecular flexibility index (Phi) is 5.79. The summed E-state index contributed by atoms with van der Waals surface area (Å²) in [6, 6.07) is 10.7. The predicted octanol–water partition coefficient (Wildman–Crippen LogP) is 4.07. The van der Waals surface area contributed by atoms with Gasteiger partial charge in [-0.25, -0.2) is 9.40 Å². The van der Waals surface area contributed by atoms with Crippen LogP contribution in [0, 0.1) is 39.6 Å². The van der Waals surface area contributed by atoms with Crippen molar-refractivity contribution >= 4 is 55.3 Å². The Morgan fingerprint density at radius 1 is 1.03 bits per heavy atom. The third-order valence-electron chi connectivity index (χ3n) is 7.04. The lowest BCUT2D eigenvalue weighted by atomic mass is 9.81. The van der Waals surface area contributed by atoms with Crippen LogP contribution in [0.25, 0.3) is 0 Å². The normalized spacial score (nSPS) is 29.4. The van der Waals surface area contributed by atoms with Gasteiger partial charge in [-0.1, -0.05) is 50.1 Å². The monoisotopic (exact) mass is 593 g/mol. The zero-order chi connectivity index (χ0) is 24.3. The summed E-state index contributed by atoms with van der Waals surface area (Å²) in [6.07, 6.45) is 0.732. The number of imide groups is 1. The minimum Gasteiger partial charge on any atom is -0.272 e. The van der Waals surface area contributed by atoms with Crippen LogP contribution in [0.4, 0.5) is 10.1 Å². The summed E-state index contributed by atoms with van der Waals surface area (Å²) >= 11 is 7.27. The lowest BCUT2D eigenvalue weighted by Crippen LogP contribution is -2.50. The average Bonchev–Trinajstić information content (AvgIpc) is 3.43. The smallest absolute Gasteiger partial charge is 0.272 e. The van der Waals surface area contributed by atoms with Gasteiger partial charge in [-0.2, -0.15) is 5.01 Å². The molecule has 34 heavy (non-hydrogen) atoms. The van der Waals surface area contributed by atoms with Gasteiger partial charge >= 0.3 is 0 Å². The first-order valence-corrected chi connectivity index (χ1v) is 12.5. The molecule has 176 valence electrons. The van der Waals surface area contributed by atoms with Crippen molar-refractivity contribution in [2.45, 2.75) is 22.6 Å². The molecular formula is C23H18Br2FN3O5. The number of carbonyl (C=O) groups is 3. The van der Waals surface area contributed by atoms with Crippen molar-refractivity contribution in [3.63, 3.8) is 0 Å². The first-order valence-electron chi connectivity index (χ1n) is 10.7. The Balaban J connectivity index is 1.53. The van der Waals surface area contributed by atoms with Crippen molar-refractivity contribution < 1.29 is 23.7 Å². The topological polar surface area (TPSA) is 101 Å². The standard InChI is InChI=1S/C23H18Br2FN3O5/c24-19-14-9-15(20(19)25)18-17(14)22(31)28(23(18)32)27(10-12-3-1-2-4-16(12)26)21(30)11-5-7-13(8-6-11)29(33)34/h1-8,14-15,17-20H,9-10H2/t14-,15-,17-,18-,19-,20+/m1/s1. The van der Waals surface area contributed by atoms with E-state index in [-0.39, 0.29) is 44.8 Å². The van der Waals surface area contributed by atoms with Gasteiger partial charge in [0.25, 0.3) is 23.4 Å². The van der Waals surface area contributed by atoms with Crippen LogP contribution in [0.3, 0.4) is 0 Å². The summed E-state index contributed by atoms with van der Waals surface area (Å²) in [5, 5.41) is 12.8. The molecule has 6 atom stereocenters. The van der Waals surface area contributed by atoms with E-state index in [1.807, 2.05) is 0 Å². The number of nitrogens with zero attached hydrogens (tertiary/aromatic N) is 3. The number of nitro benzene ring substituents is 1. The lowest BCUT2D eigenvalue weighted by molar-refractivity contribution is -0.384. The molecule has 8 nitrogen and oxygen atoms in total. The van der Waals surface area contributed by atoms with Gasteiger partial charge < -0.3 is 0 Å². The van der Waals surface area contributed by atoms with Crippen molar-refractivity contribution in [2.24, 2.45) is 23.7 Å². The number of carbonyl (C=O) groups excluding carboxylic acids is 3. The molecular weight excluding hydrogens is 577 g/mol. The highest BCUT2D eigenvalue weighted by molar-refractivity contribution is 9.12. The number of nitro groups is 1. The molecule has 2 saturated carbocycles. The number of rotatable bonds is 5. The van der Waals surface area contributed by atoms with Crippen molar-refractivity contribution in [1.29, 1.82) is 0 Å². The average molecular weight is 595 g/mol. The number of hydrazine groups is 1. The van der Waals surface area contributed by atoms with Crippen LogP contribution in [-0.2, 0) is 16.1 Å². The van der Waals surface area contributed by atoms with E-state index in [1.54, 1.807) is 6.07 Å². The van der Waals surface area contributed by atoms with E-state index >= 15 is 0 Å². The summed E-state index contributed by atoms with van der Waals surface area (Å²) in [5.74, 6) is -3.46. The second kappa shape index (κ2) is 8.53. The maximum absolute atomic E-state index is 14.5. The Hall–Kier alpha value is -2.66. The molecule has 0 aromatic heterocycles. The molecule has 3 amide bonds. The highest BCUT2D eigenvalue weighted by Crippen LogP contribution is 2.60. The molecule has 1 aliphatic heterocycles. The van der Waals surface area contributed by atoms with Crippen LogP contribution >= 0.6 is 31.9 Å². The number of hydrogen-bond acceptors (Lipinski definition) is 5. The summed E-state index contributed by atoms with van der Waals surface area (Å²) in [6.45, 7) is -0.343. The fraction of sp³-hybridized carbons (Fsp3) is 0.348. The minimum absolute atomic E-state index is 0.0286. The number of non-ortho nitro benzene ring substituents is 1. The van der Waals surface area contributed by atoms with E-state index in [0.717, 1.165) is 16.4 Å². The van der Waals surface area contributed by atoms with E-state index in [2.05, 4.69) is 31.9 Å². The van der Waals surface area contributed by atoms with Gasteiger partial charge in [-0.3, -0.25) is 24.5 Å². The third-order valence-corrected chi connectivity index (χ3v) is 10.2. The molecule has 0 spiro atoms. The number of halogens is 3. The zero-order valence-electron chi connectivity index (χ0n) is 17.5.